The first-order valence-electron chi connectivity index (χ1n) is 6.26. The molecule has 5 nitrogen and oxygen atoms in total. The Labute approximate surface area is 115 Å². The second kappa shape index (κ2) is 6.36. The molecule has 0 fully saturated rings. The first kappa shape index (κ1) is 15.9. The summed E-state index contributed by atoms with van der Waals surface area (Å²) < 4.78 is 27.3. The second-order valence-electron chi connectivity index (χ2n) is 5.11. The van der Waals surface area contributed by atoms with Gasteiger partial charge in [0, 0.05) is 6.04 Å². The van der Waals surface area contributed by atoms with Crippen LogP contribution in [0.4, 0.5) is 5.69 Å². The number of sulfonamides is 1. The summed E-state index contributed by atoms with van der Waals surface area (Å²) >= 11 is 0. The Bertz CT molecular complexity index is 506. The summed E-state index contributed by atoms with van der Waals surface area (Å²) in [5, 5.41) is 0. The van der Waals surface area contributed by atoms with E-state index in [2.05, 4.69) is 4.72 Å². The molecule has 0 spiro atoms. The molecule has 1 aromatic rings. The van der Waals surface area contributed by atoms with E-state index in [0.717, 1.165) is 13.0 Å². The number of hydrogen-bond acceptors (Lipinski definition) is 4. The minimum Gasteiger partial charge on any atom is -0.398 e. The number of aryl methyl sites for hydroxylation is 1. The van der Waals surface area contributed by atoms with Crippen molar-refractivity contribution < 1.29 is 8.42 Å². The van der Waals surface area contributed by atoms with Crippen molar-refractivity contribution in [3.63, 3.8) is 0 Å². The average Bonchev–Trinajstić information content (AvgIpc) is 2.25. The number of hydrogen-bond donors (Lipinski definition) is 2. The Morgan fingerprint density at radius 2 is 2.00 bits per heavy atom. The SMILES string of the molecule is Cc1cccc(N)c1S(=O)(=O)NC(C)CCN(C)C. The van der Waals surface area contributed by atoms with Gasteiger partial charge in [-0.05, 0) is 52.5 Å². The van der Waals surface area contributed by atoms with E-state index in [0.29, 0.717) is 5.56 Å². The van der Waals surface area contributed by atoms with E-state index >= 15 is 0 Å². The van der Waals surface area contributed by atoms with Crippen LogP contribution in [0.25, 0.3) is 0 Å². The fraction of sp³-hybridized carbons (Fsp3) is 0.538. The van der Waals surface area contributed by atoms with Crippen molar-refractivity contribution in [3.8, 4) is 0 Å². The molecule has 0 heterocycles. The molecule has 1 aromatic carbocycles. The number of nitrogens with zero attached hydrogens (tertiary/aromatic N) is 1. The monoisotopic (exact) mass is 285 g/mol. The van der Waals surface area contributed by atoms with E-state index in [1.807, 2.05) is 25.9 Å². The summed E-state index contributed by atoms with van der Waals surface area (Å²) in [4.78, 5) is 2.21. The van der Waals surface area contributed by atoms with Crippen LogP contribution in [0.5, 0.6) is 0 Å². The van der Waals surface area contributed by atoms with Crippen molar-refractivity contribution in [1.29, 1.82) is 0 Å². The van der Waals surface area contributed by atoms with Crippen LogP contribution in [-0.2, 0) is 10.0 Å². The first-order valence-corrected chi connectivity index (χ1v) is 7.74. The predicted molar refractivity (Wildman–Crippen MR) is 78.5 cm³/mol. The molecule has 0 bridgehead atoms. The van der Waals surface area contributed by atoms with Gasteiger partial charge in [0.15, 0.2) is 0 Å². The van der Waals surface area contributed by atoms with Crippen molar-refractivity contribution in [1.82, 2.24) is 9.62 Å². The van der Waals surface area contributed by atoms with E-state index in [1.165, 1.54) is 0 Å². The molecule has 0 saturated carbocycles. The van der Waals surface area contributed by atoms with E-state index < -0.39 is 10.0 Å². The Morgan fingerprint density at radius 1 is 1.37 bits per heavy atom. The van der Waals surface area contributed by atoms with Crippen molar-refractivity contribution in [2.24, 2.45) is 0 Å². The topological polar surface area (TPSA) is 75.4 Å². The lowest BCUT2D eigenvalue weighted by molar-refractivity contribution is 0.379. The molecular weight excluding hydrogens is 262 g/mol. The molecule has 108 valence electrons. The summed E-state index contributed by atoms with van der Waals surface area (Å²) in [6, 6.07) is 4.96. The zero-order chi connectivity index (χ0) is 14.6. The maximum Gasteiger partial charge on any atom is 0.243 e. The lowest BCUT2D eigenvalue weighted by Gasteiger charge is -2.18. The van der Waals surface area contributed by atoms with Crippen LogP contribution in [-0.4, -0.2) is 40.0 Å². The summed E-state index contributed by atoms with van der Waals surface area (Å²) in [7, 11) is 0.355. The lowest BCUT2D eigenvalue weighted by Crippen LogP contribution is -2.35. The smallest absolute Gasteiger partial charge is 0.243 e. The van der Waals surface area contributed by atoms with Crippen LogP contribution in [0.1, 0.15) is 18.9 Å². The van der Waals surface area contributed by atoms with Gasteiger partial charge in [0.2, 0.25) is 10.0 Å². The first-order chi connectivity index (χ1) is 8.74. The van der Waals surface area contributed by atoms with Crippen molar-refractivity contribution >= 4 is 15.7 Å². The molecule has 0 amide bonds. The Balaban J connectivity index is 2.87. The van der Waals surface area contributed by atoms with E-state index in [4.69, 9.17) is 5.73 Å². The summed E-state index contributed by atoms with van der Waals surface area (Å²) in [5.74, 6) is 0. The average molecular weight is 285 g/mol. The number of anilines is 1. The molecule has 0 aliphatic rings. The maximum absolute atomic E-state index is 12.3. The standard InChI is InChI=1S/C13H23N3O2S/c1-10-6-5-7-12(14)13(10)19(17,18)15-11(2)8-9-16(3)4/h5-7,11,15H,8-9,14H2,1-4H3. The molecule has 6 heteroatoms. The van der Waals surface area contributed by atoms with Crippen LogP contribution in [0.3, 0.4) is 0 Å². The number of nitrogen functional groups attached to an aromatic ring is 1. The highest BCUT2D eigenvalue weighted by Crippen LogP contribution is 2.22. The molecule has 19 heavy (non-hydrogen) atoms. The highest BCUT2D eigenvalue weighted by molar-refractivity contribution is 7.89. The van der Waals surface area contributed by atoms with Gasteiger partial charge < -0.3 is 10.6 Å². The normalized spacial score (nSPS) is 13.7. The molecule has 0 aliphatic heterocycles. The van der Waals surface area contributed by atoms with Crippen molar-refractivity contribution in [2.45, 2.75) is 31.2 Å². The van der Waals surface area contributed by atoms with Crippen molar-refractivity contribution in [2.75, 3.05) is 26.4 Å². The van der Waals surface area contributed by atoms with Gasteiger partial charge >= 0.3 is 0 Å². The molecule has 0 radical (unpaired) electrons. The van der Waals surface area contributed by atoms with Gasteiger partial charge in [-0.25, -0.2) is 13.1 Å². The quantitative estimate of drug-likeness (QED) is 0.770. The summed E-state index contributed by atoms with van der Waals surface area (Å²) in [6.07, 6.45) is 0.748. The van der Waals surface area contributed by atoms with Gasteiger partial charge in [-0.3, -0.25) is 0 Å². The third-order valence-corrected chi connectivity index (χ3v) is 4.68. The number of nitrogens with one attached hydrogen (secondary N) is 1. The van der Waals surface area contributed by atoms with Crippen LogP contribution < -0.4 is 10.5 Å². The van der Waals surface area contributed by atoms with Crippen LogP contribution in [0, 0.1) is 6.92 Å². The molecule has 1 unspecified atom stereocenters. The van der Waals surface area contributed by atoms with Crippen LogP contribution in [0.2, 0.25) is 0 Å². The molecule has 3 N–H and O–H groups in total. The molecule has 0 aliphatic carbocycles. The third-order valence-electron chi connectivity index (χ3n) is 2.88. The minimum atomic E-state index is -3.56. The van der Waals surface area contributed by atoms with Gasteiger partial charge in [-0.1, -0.05) is 12.1 Å². The Hall–Kier alpha value is -1.11. The number of rotatable bonds is 6. The fourth-order valence-electron chi connectivity index (χ4n) is 1.88. The molecule has 1 atom stereocenters. The van der Waals surface area contributed by atoms with Crippen LogP contribution in [0.15, 0.2) is 23.1 Å². The van der Waals surface area contributed by atoms with Gasteiger partial charge in [0.05, 0.1) is 5.69 Å². The van der Waals surface area contributed by atoms with E-state index in [-0.39, 0.29) is 16.6 Å². The highest BCUT2D eigenvalue weighted by atomic mass is 32.2. The second-order valence-corrected chi connectivity index (χ2v) is 6.76. The van der Waals surface area contributed by atoms with E-state index in [1.54, 1.807) is 25.1 Å². The van der Waals surface area contributed by atoms with Gasteiger partial charge in [0.25, 0.3) is 0 Å². The fourth-order valence-corrected chi connectivity index (χ4v) is 3.51. The van der Waals surface area contributed by atoms with Crippen molar-refractivity contribution in [3.05, 3.63) is 23.8 Å². The molecule has 1 rings (SSSR count). The maximum atomic E-state index is 12.3. The number of benzene rings is 1. The molecule has 0 saturated heterocycles. The predicted octanol–water partition coefficient (Wildman–Crippen LogP) is 1.20. The Kier molecular flexibility index (Phi) is 5.34. The molecular formula is C13H23N3O2S. The largest absolute Gasteiger partial charge is 0.398 e. The summed E-state index contributed by atoms with van der Waals surface area (Å²) in [5.41, 5.74) is 6.72. The lowest BCUT2D eigenvalue weighted by atomic mass is 10.2. The zero-order valence-electron chi connectivity index (χ0n) is 12.0. The minimum absolute atomic E-state index is 0.133. The zero-order valence-corrected chi connectivity index (χ0v) is 12.8. The van der Waals surface area contributed by atoms with Crippen LogP contribution >= 0.6 is 0 Å². The Morgan fingerprint density at radius 3 is 2.53 bits per heavy atom. The van der Waals surface area contributed by atoms with Gasteiger partial charge in [0.1, 0.15) is 4.90 Å². The highest BCUT2D eigenvalue weighted by Gasteiger charge is 2.21. The number of nitrogens with two attached hydrogens (primary N) is 1. The van der Waals surface area contributed by atoms with E-state index in [9.17, 15) is 8.42 Å². The molecule has 0 aromatic heterocycles. The van der Waals surface area contributed by atoms with Gasteiger partial charge in [-0.2, -0.15) is 0 Å². The summed E-state index contributed by atoms with van der Waals surface area (Å²) in [6.45, 7) is 4.43. The van der Waals surface area contributed by atoms with Gasteiger partial charge in [-0.15, -0.1) is 0 Å². The third kappa shape index (κ3) is 4.49.